The lowest BCUT2D eigenvalue weighted by Gasteiger charge is -2.32. The average Bonchev–Trinajstić information content (AvgIpc) is 3.19. The van der Waals surface area contributed by atoms with E-state index in [2.05, 4.69) is 29.2 Å². The number of aliphatic hydroxyl groups excluding tert-OH is 2. The maximum atomic E-state index is 9.92. The third-order valence-electron chi connectivity index (χ3n) is 6.15. The summed E-state index contributed by atoms with van der Waals surface area (Å²) in [5.41, 5.74) is 1.27. The van der Waals surface area contributed by atoms with Crippen LogP contribution in [0, 0.1) is 11.8 Å². The van der Waals surface area contributed by atoms with Gasteiger partial charge in [0, 0.05) is 25.2 Å². The fourth-order valence-electron chi connectivity index (χ4n) is 4.81. The van der Waals surface area contributed by atoms with Crippen LogP contribution in [0.5, 0.6) is 5.75 Å². The van der Waals surface area contributed by atoms with E-state index in [4.69, 9.17) is 4.74 Å². The van der Waals surface area contributed by atoms with Crippen LogP contribution in [-0.4, -0.2) is 46.5 Å². The molecule has 2 saturated carbocycles. The minimum Gasteiger partial charge on any atom is -0.490 e. The summed E-state index contributed by atoms with van der Waals surface area (Å²) in [4.78, 5) is 2.47. The van der Waals surface area contributed by atoms with E-state index in [-0.39, 0.29) is 0 Å². The van der Waals surface area contributed by atoms with Crippen molar-refractivity contribution in [2.24, 2.45) is 11.8 Å². The van der Waals surface area contributed by atoms with E-state index < -0.39 is 12.2 Å². The Labute approximate surface area is 144 Å². The van der Waals surface area contributed by atoms with Gasteiger partial charge in [-0.3, -0.25) is 4.90 Å². The lowest BCUT2D eigenvalue weighted by atomic mass is 9.79. The molecule has 0 spiro atoms. The summed E-state index contributed by atoms with van der Waals surface area (Å²) in [6.45, 7) is 2.94. The van der Waals surface area contributed by atoms with E-state index in [1.807, 2.05) is 0 Å². The van der Waals surface area contributed by atoms with Crippen molar-refractivity contribution in [2.75, 3.05) is 13.1 Å². The lowest BCUT2D eigenvalue weighted by molar-refractivity contribution is -0.0372. The third-order valence-corrected chi connectivity index (χ3v) is 6.15. The molecule has 24 heavy (non-hydrogen) atoms. The van der Waals surface area contributed by atoms with Crippen molar-refractivity contribution in [3.8, 4) is 5.75 Å². The average molecular weight is 331 g/mol. The van der Waals surface area contributed by atoms with Crippen molar-refractivity contribution in [1.82, 2.24) is 4.90 Å². The highest BCUT2D eigenvalue weighted by Crippen LogP contribution is 2.37. The van der Waals surface area contributed by atoms with Crippen LogP contribution in [0.25, 0.3) is 0 Å². The number of para-hydroxylation sites is 1. The Morgan fingerprint density at radius 2 is 1.58 bits per heavy atom. The molecular weight excluding hydrogens is 302 g/mol. The lowest BCUT2D eigenvalue weighted by Crippen LogP contribution is -2.38. The van der Waals surface area contributed by atoms with Crippen molar-refractivity contribution < 1.29 is 14.9 Å². The van der Waals surface area contributed by atoms with Crippen molar-refractivity contribution >= 4 is 0 Å². The highest BCUT2D eigenvalue weighted by atomic mass is 16.5. The van der Waals surface area contributed by atoms with Crippen LogP contribution < -0.4 is 4.74 Å². The van der Waals surface area contributed by atoms with Crippen LogP contribution in [0.15, 0.2) is 24.3 Å². The highest BCUT2D eigenvalue weighted by molar-refractivity contribution is 5.33. The summed E-state index contributed by atoms with van der Waals surface area (Å²) in [5.74, 6) is 2.08. The second-order valence-corrected chi connectivity index (χ2v) is 7.95. The van der Waals surface area contributed by atoms with Gasteiger partial charge in [-0.25, -0.2) is 0 Å². The Balaban J connectivity index is 1.41. The molecule has 2 aliphatic carbocycles. The minimum absolute atomic E-state index is 0.387. The van der Waals surface area contributed by atoms with Gasteiger partial charge in [0.25, 0.3) is 0 Å². The van der Waals surface area contributed by atoms with Crippen LogP contribution in [-0.2, 0) is 6.54 Å². The molecule has 0 bridgehead atoms. The molecular formula is C20H29NO3. The number of hydrogen-bond donors (Lipinski definition) is 2. The Hall–Kier alpha value is -1.10. The van der Waals surface area contributed by atoms with Gasteiger partial charge in [0.05, 0.1) is 18.3 Å². The number of aliphatic hydroxyl groups is 2. The molecule has 1 saturated heterocycles. The van der Waals surface area contributed by atoms with Gasteiger partial charge in [-0.2, -0.15) is 0 Å². The summed E-state index contributed by atoms with van der Waals surface area (Å²) in [6.07, 6.45) is 5.71. The molecule has 1 aromatic rings. The smallest absolute Gasteiger partial charge is 0.124 e. The minimum atomic E-state index is -0.538. The normalized spacial score (nSPS) is 34.4. The fourth-order valence-corrected chi connectivity index (χ4v) is 4.81. The van der Waals surface area contributed by atoms with Crippen LogP contribution in [0.1, 0.15) is 44.1 Å². The Morgan fingerprint density at radius 1 is 0.958 bits per heavy atom. The Bertz CT molecular complexity index is 540. The molecule has 1 aliphatic heterocycles. The van der Waals surface area contributed by atoms with E-state index in [9.17, 15) is 10.2 Å². The van der Waals surface area contributed by atoms with Crippen LogP contribution in [0.2, 0.25) is 0 Å². The highest BCUT2D eigenvalue weighted by Gasteiger charge is 2.41. The van der Waals surface area contributed by atoms with Crippen molar-refractivity contribution in [1.29, 1.82) is 0 Å². The summed E-state index contributed by atoms with van der Waals surface area (Å²) in [6, 6.07) is 8.43. The molecule has 0 aromatic heterocycles. The molecule has 4 nitrogen and oxygen atoms in total. The number of fused-ring (bicyclic) bond motifs is 1. The fraction of sp³-hybridized carbons (Fsp3) is 0.700. The molecule has 0 amide bonds. The first kappa shape index (κ1) is 16.4. The van der Waals surface area contributed by atoms with Crippen molar-refractivity contribution in [2.45, 2.75) is 63.4 Å². The van der Waals surface area contributed by atoms with Gasteiger partial charge in [-0.1, -0.05) is 18.2 Å². The van der Waals surface area contributed by atoms with Gasteiger partial charge in [-0.15, -0.1) is 0 Å². The van der Waals surface area contributed by atoms with E-state index in [0.717, 1.165) is 38.2 Å². The monoisotopic (exact) mass is 331 g/mol. The number of benzene rings is 1. The second kappa shape index (κ2) is 7.03. The Kier molecular flexibility index (Phi) is 4.79. The van der Waals surface area contributed by atoms with Gasteiger partial charge in [0.1, 0.15) is 5.75 Å². The maximum absolute atomic E-state index is 9.92. The number of likely N-dealkylation sites (tertiary alicyclic amines) is 1. The van der Waals surface area contributed by atoms with E-state index in [0.29, 0.717) is 17.9 Å². The molecule has 1 aromatic carbocycles. The van der Waals surface area contributed by atoms with E-state index in [1.54, 1.807) is 0 Å². The SMILES string of the molecule is O[C@@H]1C[C@H]2CN(Cc3ccccc3OC3CCCC3)C[C@H]2C[C@@H]1O. The molecule has 132 valence electrons. The molecule has 4 atom stereocenters. The molecule has 0 unspecified atom stereocenters. The van der Waals surface area contributed by atoms with Crippen LogP contribution in [0.4, 0.5) is 0 Å². The molecule has 4 rings (SSSR count). The third kappa shape index (κ3) is 3.46. The molecule has 3 fully saturated rings. The number of ether oxygens (including phenoxy) is 1. The zero-order valence-electron chi connectivity index (χ0n) is 14.3. The number of rotatable bonds is 4. The Morgan fingerprint density at radius 3 is 2.25 bits per heavy atom. The summed E-state index contributed by atoms with van der Waals surface area (Å²) in [5, 5.41) is 19.8. The van der Waals surface area contributed by atoms with Crippen molar-refractivity contribution in [3.63, 3.8) is 0 Å². The largest absolute Gasteiger partial charge is 0.490 e. The maximum Gasteiger partial charge on any atom is 0.124 e. The van der Waals surface area contributed by atoms with E-state index in [1.165, 1.54) is 31.2 Å². The predicted molar refractivity (Wildman–Crippen MR) is 92.8 cm³/mol. The topological polar surface area (TPSA) is 52.9 Å². The summed E-state index contributed by atoms with van der Waals surface area (Å²) in [7, 11) is 0. The van der Waals surface area contributed by atoms with Gasteiger partial charge in [-0.05, 0) is 56.4 Å². The first-order chi connectivity index (χ1) is 11.7. The zero-order chi connectivity index (χ0) is 16.5. The van der Waals surface area contributed by atoms with Crippen molar-refractivity contribution in [3.05, 3.63) is 29.8 Å². The zero-order valence-corrected chi connectivity index (χ0v) is 14.3. The molecule has 3 aliphatic rings. The predicted octanol–water partition coefficient (Wildman–Crippen LogP) is 2.57. The summed E-state index contributed by atoms with van der Waals surface area (Å²) < 4.78 is 6.26. The summed E-state index contributed by atoms with van der Waals surface area (Å²) >= 11 is 0. The van der Waals surface area contributed by atoms with Gasteiger partial charge in [0.2, 0.25) is 0 Å². The molecule has 4 heteroatoms. The quantitative estimate of drug-likeness (QED) is 0.890. The molecule has 2 N–H and O–H groups in total. The van der Waals surface area contributed by atoms with Crippen LogP contribution >= 0.6 is 0 Å². The van der Waals surface area contributed by atoms with Gasteiger partial charge < -0.3 is 14.9 Å². The molecule has 1 heterocycles. The second-order valence-electron chi connectivity index (χ2n) is 7.95. The van der Waals surface area contributed by atoms with Crippen LogP contribution in [0.3, 0.4) is 0 Å². The van der Waals surface area contributed by atoms with E-state index >= 15 is 0 Å². The number of hydrogen-bond acceptors (Lipinski definition) is 4. The van der Waals surface area contributed by atoms with Gasteiger partial charge in [0.15, 0.2) is 0 Å². The first-order valence-electron chi connectivity index (χ1n) is 9.52. The standard InChI is InChI=1S/C20H29NO3/c22-18-9-15-12-21(13-16(15)10-19(18)23)11-14-5-1-4-8-20(14)24-17-6-2-3-7-17/h1,4-5,8,15-19,22-23H,2-3,6-7,9-13H2/t15-,16+,18+,19-. The van der Waals surface area contributed by atoms with Gasteiger partial charge >= 0.3 is 0 Å². The first-order valence-corrected chi connectivity index (χ1v) is 9.52. The molecule has 0 radical (unpaired) electrons. The number of nitrogens with zero attached hydrogens (tertiary/aromatic N) is 1.